The van der Waals surface area contributed by atoms with E-state index in [0.717, 1.165) is 23.1 Å². The molecular formula is C11H21NS. The first-order valence-electron chi connectivity index (χ1n) is 5.50. The molecule has 2 heteroatoms. The summed E-state index contributed by atoms with van der Waals surface area (Å²) in [6.45, 7) is 7.31. The molecule has 1 aliphatic heterocycles. The van der Waals surface area contributed by atoms with Crippen molar-refractivity contribution in [3.63, 3.8) is 0 Å². The lowest BCUT2D eigenvalue weighted by Crippen LogP contribution is -2.41. The highest BCUT2D eigenvalue weighted by Crippen LogP contribution is 2.52. The van der Waals surface area contributed by atoms with Crippen molar-refractivity contribution in [2.45, 2.75) is 39.2 Å². The summed E-state index contributed by atoms with van der Waals surface area (Å²) in [7, 11) is 0. The van der Waals surface area contributed by atoms with E-state index in [1.54, 1.807) is 0 Å². The first-order chi connectivity index (χ1) is 6.15. The molecule has 0 unspecified atom stereocenters. The Hall–Kier alpha value is 0.310. The van der Waals surface area contributed by atoms with E-state index >= 15 is 0 Å². The van der Waals surface area contributed by atoms with Crippen molar-refractivity contribution in [1.29, 1.82) is 0 Å². The van der Waals surface area contributed by atoms with Crippen molar-refractivity contribution in [3.05, 3.63) is 0 Å². The molecule has 0 bridgehead atoms. The molecule has 0 amide bonds. The molecule has 0 atom stereocenters. The van der Waals surface area contributed by atoms with Crippen LogP contribution in [0.1, 0.15) is 33.1 Å². The minimum atomic E-state index is 0.720. The summed E-state index contributed by atoms with van der Waals surface area (Å²) in [6, 6.07) is 0.745. The molecule has 1 saturated carbocycles. The van der Waals surface area contributed by atoms with Gasteiger partial charge >= 0.3 is 0 Å². The third kappa shape index (κ3) is 1.75. The molecule has 1 aliphatic carbocycles. The van der Waals surface area contributed by atoms with Gasteiger partial charge < -0.3 is 4.90 Å². The summed E-state index contributed by atoms with van der Waals surface area (Å²) < 4.78 is 0. The van der Waals surface area contributed by atoms with E-state index in [-0.39, 0.29) is 0 Å². The van der Waals surface area contributed by atoms with E-state index in [1.807, 2.05) is 0 Å². The normalized spacial score (nSPS) is 40.2. The van der Waals surface area contributed by atoms with Crippen LogP contribution in [0.3, 0.4) is 0 Å². The number of hydrogen-bond acceptors (Lipinski definition) is 2. The Morgan fingerprint density at radius 2 is 2.15 bits per heavy atom. The van der Waals surface area contributed by atoms with Crippen LogP contribution in [0, 0.1) is 11.3 Å². The minimum Gasteiger partial charge on any atom is -0.300 e. The van der Waals surface area contributed by atoms with Gasteiger partial charge in [0.15, 0.2) is 0 Å². The molecule has 2 fully saturated rings. The quantitative estimate of drug-likeness (QED) is 0.669. The van der Waals surface area contributed by atoms with E-state index in [1.165, 1.54) is 32.4 Å². The Morgan fingerprint density at radius 3 is 2.62 bits per heavy atom. The monoisotopic (exact) mass is 199 g/mol. The highest BCUT2D eigenvalue weighted by atomic mass is 32.1. The Morgan fingerprint density at radius 1 is 1.46 bits per heavy atom. The number of likely N-dealkylation sites (tertiary alicyclic amines) is 1. The number of thiol groups is 1. The summed E-state index contributed by atoms with van der Waals surface area (Å²) in [5.41, 5.74) is 0.720. The lowest BCUT2D eigenvalue weighted by molar-refractivity contribution is 0.0731. The van der Waals surface area contributed by atoms with Crippen LogP contribution < -0.4 is 0 Å². The first kappa shape index (κ1) is 9.85. The van der Waals surface area contributed by atoms with E-state index in [0.29, 0.717) is 0 Å². The average molecular weight is 199 g/mol. The van der Waals surface area contributed by atoms with E-state index in [2.05, 4.69) is 31.4 Å². The van der Waals surface area contributed by atoms with Crippen molar-refractivity contribution >= 4 is 12.6 Å². The third-order valence-corrected chi connectivity index (χ3v) is 4.42. The maximum absolute atomic E-state index is 4.37. The van der Waals surface area contributed by atoms with Gasteiger partial charge in [-0.15, -0.1) is 0 Å². The zero-order valence-corrected chi connectivity index (χ0v) is 9.69. The third-order valence-electron chi connectivity index (χ3n) is 3.90. The molecule has 76 valence electrons. The van der Waals surface area contributed by atoms with Gasteiger partial charge in [-0.25, -0.2) is 0 Å². The van der Waals surface area contributed by atoms with Gasteiger partial charge in [0.25, 0.3) is 0 Å². The van der Waals surface area contributed by atoms with Crippen LogP contribution in [0.5, 0.6) is 0 Å². The topological polar surface area (TPSA) is 3.24 Å². The van der Waals surface area contributed by atoms with Crippen LogP contribution in [0.2, 0.25) is 0 Å². The molecule has 1 spiro atoms. The van der Waals surface area contributed by atoms with Gasteiger partial charge in [-0.3, -0.25) is 0 Å². The van der Waals surface area contributed by atoms with Crippen molar-refractivity contribution in [2.24, 2.45) is 11.3 Å². The average Bonchev–Trinajstić information content (AvgIpc) is 2.45. The van der Waals surface area contributed by atoms with E-state index < -0.39 is 0 Å². The van der Waals surface area contributed by atoms with Crippen LogP contribution in [-0.2, 0) is 0 Å². The molecule has 13 heavy (non-hydrogen) atoms. The molecule has 0 radical (unpaired) electrons. The molecule has 1 saturated heterocycles. The predicted octanol–water partition coefficient (Wildman–Crippen LogP) is 2.43. The molecule has 0 N–H and O–H groups in total. The summed E-state index contributed by atoms with van der Waals surface area (Å²) >= 11 is 4.37. The molecule has 0 aromatic heterocycles. The Balaban J connectivity index is 1.86. The maximum Gasteiger partial charge on any atom is 0.00414 e. The molecule has 1 heterocycles. The second-order valence-corrected chi connectivity index (χ2v) is 5.64. The van der Waals surface area contributed by atoms with Gasteiger partial charge in [-0.05, 0) is 56.7 Å². The van der Waals surface area contributed by atoms with Crippen molar-refractivity contribution in [3.8, 4) is 0 Å². The summed E-state index contributed by atoms with van der Waals surface area (Å²) in [6.07, 6.45) is 4.33. The fourth-order valence-corrected chi connectivity index (χ4v) is 3.30. The van der Waals surface area contributed by atoms with Crippen LogP contribution >= 0.6 is 12.6 Å². The van der Waals surface area contributed by atoms with Crippen molar-refractivity contribution in [2.75, 3.05) is 18.8 Å². The zero-order valence-electron chi connectivity index (χ0n) is 8.79. The number of rotatable bonds is 2. The van der Waals surface area contributed by atoms with Crippen LogP contribution in [0.15, 0.2) is 0 Å². The van der Waals surface area contributed by atoms with Crippen molar-refractivity contribution < 1.29 is 0 Å². The second-order valence-electron chi connectivity index (χ2n) is 5.27. The summed E-state index contributed by atoms with van der Waals surface area (Å²) in [5, 5.41) is 0. The summed E-state index contributed by atoms with van der Waals surface area (Å²) in [4.78, 5) is 2.63. The molecule has 1 nitrogen and oxygen atoms in total. The minimum absolute atomic E-state index is 0.720. The number of nitrogens with zero attached hydrogens (tertiary/aromatic N) is 1. The van der Waals surface area contributed by atoms with Gasteiger partial charge in [0.05, 0.1) is 0 Å². The van der Waals surface area contributed by atoms with Crippen molar-refractivity contribution in [1.82, 2.24) is 4.90 Å². The smallest absolute Gasteiger partial charge is 0.00414 e. The highest BCUT2D eigenvalue weighted by Gasteiger charge is 2.47. The Labute approximate surface area is 87.3 Å². The Bertz CT molecular complexity index is 185. The largest absolute Gasteiger partial charge is 0.300 e. The molecule has 0 aromatic rings. The van der Waals surface area contributed by atoms with Crippen LogP contribution in [0.4, 0.5) is 0 Å². The lowest BCUT2D eigenvalue weighted by atomic mass is 9.62. The fraction of sp³-hybridized carbons (Fsp3) is 1.00. The van der Waals surface area contributed by atoms with Gasteiger partial charge in [0, 0.05) is 12.6 Å². The summed E-state index contributed by atoms with van der Waals surface area (Å²) in [5.74, 6) is 2.03. The highest BCUT2D eigenvalue weighted by molar-refractivity contribution is 7.80. The molecular weight excluding hydrogens is 178 g/mol. The molecule has 2 aliphatic rings. The van der Waals surface area contributed by atoms with E-state index in [9.17, 15) is 0 Å². The van der Waals surface area contributed by atoms with E-state index in [4.69, 9.17) is 0 Å². The zero-order chi connectivity index (χ0) is 9.47. The van der Waals surface area contributed by atoms with Gasteiger partial charge in [0.2, 0.25) is 0 Å². The number of hydrogen-bond donors (Lipinski definition) is 1. The predicted molar refractivity (Wildman–Crippen MR) is 60.3 cm³/mol. The van der Waals surface area contributed by atoms with Crippen LogP contribution in [0.25, 0.3) is 0 Å². The van der Waals surface area contributed by atoms with Gasteiger partial charge in [-0.2, -0.15) is 12.6 Å². The Kier molecular flexibility index (Phi) is 2.63. The molecule has 2 rings (SSSR count). The SMILES string of the molecule is CC(C)N1CCC2(CC(CS)C2)C1. The lowest BCUT2D eigenvalue weighted by Gasteiger charge is -2.45. The standard InChI is InChI=1S/C11H21NS/c1-9(2)12-4-3-11(8-12)5-10(6-11)7-13/h9-10,13H,3-8H2,1-2H3. The fourth-order valence-electron chi connectivity index (χ4n) is 3.04. The second kappa shape index (κ2) is 3.47. The van der Waals surface area contributed by atoms with Gasteiger partial charge in [0.1, 0.15) is 0 Å². The van der Waals surface area contributed by atoms with Gasteiger partial charge in [-0.1, -0.05) is 0 Å². The maximum atomic E-state index is 4.37. The van der Waals surface area contributed by atoms with Crippen LogP contribution in [-0.4, -0.2) is 29.8 Å². The first-order valence-corrected chi connectivity index (χ1v) is 6.13. The molecule has 0 aromatic carbocycles.